The summed E-state index contributed by atoms with van der Waals surface area (Å²) in [7, 11) is 0. The second kappa shape index (κ2) is 9.00. The number of hydrogen-bond donors (Lipinski definition) is 3. The van der Waals surface area contributed by atoms with Gasteiger partial charge in [-0.2, -0.15) is 0 Å². The van der Waals surface area contributed by atoms with Gasteiger partial charge in [0, 0.05) is 25.8 Å². The summed E-state index contributed by atoms with van der Waals surface area (Å²) in [6.07, 6.45) is 10.0. The van der Waals surface area contributed by atoms with Gasteiger partial charge in [0.1, 0.15) is 5.82 Å². The second-order valence-corrected chi connectivity index (χ2v) is 5.18. The van der Waals surface area contributed by atoms with Crippen LogP contribution in [0.4, 0.5) is 10.6 Å². The predicted octanol–water partition coefficient (Wildman–Crippen LogP) is 2.68. The third-order valence-corrected chi connectivity index (χ3v) is 3.50. The molecule has 2 rings (SSSR count). The summed E-state index contributed by atoms with van der Waals surface area (Å²) in [5.74, 6) is 0.823. The van der Waals surface area contributed by atoms with Gasteiger partial charge in [0.15, 0.2) is 0 Å². The normalized spacial score (nSPS) is 14.2. The van der Waals surface area contributed by atoms with Crippen molar-refractivity contribution in [3.63, 3.8) is 0 Å². The Balaban J connectivity index is 1.50. The zero-order valence-corrected chi connectivity index (χ0v) is 12.4. The standard InChI is InChI=1S/C16H24N4O/c21-16(19-11-9-14-6-2-1-3-7-14)20-13-12-18-15-8-4-5-10-17-15/h4-6,8,10H,1-3,7,9,11-13H2,(H,17,18)(H2,19,20,21). The Morgan fingerprint density at radius 3 is 2.81 bits per heavy atom. The lowest BCUT2D eigenvalue weighted by atomic mass is 9.97. The van der Waals surface area contributed by atoms with Gasteiger partial charge in [-0.1, -0.05) is 17.7 Å². The molecule has 0 aromatic carbocycles. The Bertz CT molecular complexity index is 459. The molecule has 0 saturated heterocycles. The highest BCUT2D eigenvalue weighted by atomic mass is 16.2. The van der Waals surface area contributed by atoms with Gasteiger partial charge in [0.2, 0.25) is 0 Å². The Labute approximate surface area is 126 Å². The van der Waals surface area contributed by atoms with E-state index in [1.54, 1.807) is 6.20 Å². The lowest BCUT2D eigenvalue weighted by molar-refractivity contribution is 0.241. The smallest absolute Gasteiger partial charge is 0.314 e. The van der Waals surface area contributed by atoms with Crippen molar-refractivity contribution in [3.8, 4) is 0 Å². The van der Waals surface area contributed by atoms with Crippen LogP contribution >= 0.6 is 0 Å². The highest BCUT2D eigenvalue weighted by Gasteiger charge is 2.04. The molecule has 0 atom stereocenters. The van der Waals surface area contributed by atoms with Gasteiger partial charge in [-0.15, -0.1) is 0 Å². The number of hydrogen-bond acceptors (Lipinski definition) is 3. The monoisotopic (exact) mass is 288 g/mol. The van der Waals surface area contributed by atoms with E-state index in [0.29, 0.717) is 19.6 Å². The summed E-state index contributed by atoms with van der Waals surface area (Å²) < 4.78 is 0. The summed E-state index contributed by atoms with van der Waals surface area (Å²) in [4.78, 5) is 15.8. The van der Waals surface area contributed by atoms with Crippen molar-refractivity contribution in [1.82, 2.24) is 15.6 Å². The topological polar surface area (TPSA) is 66.0 Å². The molecule has 0 fully saturated rings. The first-order chi connectivity index (χ1) is 10.3. The Kier molecular flexibility index (Phi) is 6.58. The highest BCUT2D eigenvalue weighted by Crippen LogP contribution is 2.19. The largest absolute Gasteiger partial charge is 0.368 e. The minimum Gasteiger partial charge on any atom is -0.368 e. The number of rotatable bonds is 7. The van der Waals surface area contributed by atoms with Crippen molar-refractivity contribution in [2.45, 2.75) is 32.1 Å². The Morgan fingerprint density at radius 1 is 1.14 bits per heavy atom. The van der Waals surface area contributed by atoms with E-state index in [9.17, 15) is 4.79 Å². The average molecular weight is 288 g/mol. The number of amides is 2. The maximum absolute atomic E-state index is 11.6. The molecule has 1 aliphatic rings. The van der Waals surface area contributed by atoms with Crippen LogP contribution in [-0.2, 0) is 0 Å². The fraction of sp³-hybridized carbons (Fsp3) is 0.500. The first-order valence-corrected chi connectivity index (χ1v) is 7.69. The average Bonchev–Trinajstić information content (AvgIpc) is 2.54. The number of nitrogens with one attached hydrogen (secondary N) is 3. The Morgan fingerprint density at radius 2 is 2.05 bits per heavy atom. The molecule has 1 aromatic rings. The number of carbonyl (C=O) groups excluding carboxylic acids is 1. The van der Waals surface area contributed by atoms with Crippen LogP contribution in [0.15, 0.2) is 36.0 Å². The number of allylic oxidation sites excluding steroid dienone is 1. The van der Waals surface area contributed by atoms with Crippen LogP contribution in [0.2, 0.25) is 0 Å². The molecule has 0 radical (unpaired) electrons. The molecule has 2 amide bonds. The molecule has 0 saturated carbocycles. The van der Waals surface area contributed by atoms with Gasteiger partial charge in [-0.3, -0.25) is 0 Å². The van der Waals surface area contributed by atoms with E-state index < -0.39 is 0 Å². The molecular formula is C16H24N4O. The molecule has 1 aromatic heterocycles. The number of carbonyl (C=O) groups is 1. The fourth-order valence-electron chi connectivity index (χ4n) is 2.36. The summed E-state index contributed by atoms with van der Waals surface area (Å²) in [5.41, 5.74) is 1.48. The number of aromatic nitrogens is 1. The molecule has 1 aliphatic carbocycles. The number of pyridine rings is 1. The predicted molar refractivity (Wildman–Crippen MR) is 85.3 cm³/mol. The van der Waals surface area contributed by atoms with Crippen molar-refractivity contribution in [2.75, 3.05) is 25.0 Å². The van der Waals surface area contributed by atoms with E-state index in [0.717, 1.165) is 12.2 Å². The number of anilines is 1. The molecule has 0 bridgehead atoms. The van der Waals surface area contributed by atoms with Gasteiger partial charge in [0.05, 0.1) is 0 Å². The third-order valence-electron chi connectivity index (χ3n) is 3.50. The SMILES string of the molecule is O=C(NCCNc1ccccn1)NCCC1=CCCCC1. The van der Waals surface area contributed by atoms with E-state index in [1.165, 1.54) is 31.3 Å². The number of nitrogens with zero attached hydrogens (tertiary/aromatic N) is 1. The first kappa shape index (κ1) is 15.4. The highest BCUT2D eigenvalue weighted by molar-refractivity contribution is 5.73. The van der Waals surface area contributed by atoms with Crippen LogP contribution < -0.4 is 16.0 Å². The maximum Gasteiger partial charge on any atom is 0.314 e. The third kappa shape index (κ3) is 6.29. The van der Waals surface area contributed by atoms with Crippen LogP contribution in [0, 0.1) is 0 Å². The van der Waals surface area contributed by atoms with E-state index in [-0.39, 0.29) is 6.03 Å². The lowest BCUT2D eigenvalue weighted by Crippen LogP contribution is -2.38. The van der Waals surface area contributed by atoms with E-state index in [2.05, 4.69) is 27.0 Å². The van der Waals surface area contributed by atoms with Crippen LogP contribution in [0.3, 0.4) is 0 Å². The molecule has 5 nitrogen and oxygen atoms in total. The Hall–Kier alpha value is -2.04. The van der Waals surface area contributed by atoms with Gasteiger partial charge in [0.25, 0.3) is 0 Å². The minimum absolute atomic E-state index is 0.103. The van der Waals surface area contributed by atoms with Crippen molar-refractivity contribution >= 4 is 11.8 Å². The van der Waals surface area contributed by atoms with E-state index in [1.807, 2.05) is 18.2 Å². The van der Waals surface area contributed by atoms with E-state index in [4.69, 9.17) is 0 Å². The minimum atomic E-state index is -0.103. The molecule has 0 unspecified atom stereocenters. The molecule has 1 heterocycles. The van der Waals surface area contributed by atoms with Crippen molar-refractivity contribution in [3.05, 3.63) is 36.0 Å². The molecule has 114 valence electrons. The van der Waals surface area contributed by atoms with Gasteiger partial charge in [-0.25, -0.2) is 9.78 Å². The van der Waals surface area contributed by atoms with Crippen LogP contribution in [0.25, 0.3) is 0 Å². The van der Waals surface area contributed by atoms with Gasteiger partial charge < -0.3 is 16.0 Å². The zero-order valence-electron chi connectivity index (χ0n) is 12.4. The zero-order chi connectivity index (χ0) is 14.8. The quantitative estimate of drug-likeness (QED) is 0.534. The summed E-state index contributed by atoms with van der Waals surface area (Å²) in [6, 6.07) is 5.60. The van der Waals surface area contributed by atoms with Gasteiger partial charge >= 0.3 is 6.03 Å². The van der Waals surface area contributed by atoms with E-state index >= 15 is 0 Å². The summed E-state index contributed by atoms with van der Waals surface area (Å²) >= 11 is 0. The fourth-order valence-corrected chi connectivity index (χ4v) is 2.36. The van der Waals surface area contributed by atoms with Crippen LogP contribution in [0.5, 0.6) is 0 Å². The van der Waals surface area contributed by atoms with Crippen molar-refractivity contribution in [2.24, 2.45) is 0 Å². The van der Waals surface area contributed by atoms with Gasteiger partial charge in [-0.05, 0) is 44.2 Å². The lowest BCUT2D eigenvalue weighted by Gasteiger charge is -2.13. The van der Waals surface area contributed by atoms with Crippen molar-refractivity contribution in [1.29, 1.82) is 0 Å². The number of urea groups is 1. The molecular weight excluding hydrogens is 264 g/mol. The molecule has 21 heavy (non-hydrogen) atoms. The molecule has 5 heteroatoms. The molecule has 0 spiro atoms. The summed E-state index contributed by atoms with van der Waals surface area (Å²) in [6.45, 7) is 1.95. The molecule has 3 N–H and O–H groups in total. The first-order valence-electron chi connectivity index (χ1n) is 7.69. The summed E-state index contributed by atoms with van der Waals surface area (Å²) in [5, 5.41) is 8.87. The van der Waals surface area contributed by atoms with Crippen LogP contribution in [0.1, 0.15) is 32.1 Å². The second-order valence-electron chi connectivity index (χ2n) is 5.18. The molecule has 0 aliphatic heterocycles. The van der Waals surface area contributed by atoms with Crippen molar-refractivity contribution < 1.29 is 4.79 Å². The van der Waals surface area contributed by atoms with Crippen LogP contribution in [-0.4, -0.2) is 30.6 Å². The maximum atomic E-state index is 11.6.